The fraction of sp³-hybridized carbons (Fsp3) is 0.520. The van der Waals surface area contributed by atoms with Gasteiger partial charge in [0.2, 0.25) is 15.9 Å². The molecule has 0 saturated carbocycles. The van der Waals surface area contributed by atoms with Crippen LogP contribution in [0, 0.1) is 19.8 Å². The van der Waals surface area contributed by atoms with Crippen molar-refractivity contribution in [2.75, 3.05) is 39.3 Å². The Hall–Kier alpha value is -2.49. The van der Waals surface area contributed by atoms with Crippen LogP contribution in [0.5, 0.6) is 0 Å². The topological polar surface area (TPSA) is 95.8 Å². The molecule has 1 atom stereocenters. The summed E-state index contributed by atoms with van der Waals surface area (Å²) in [6.07, 6.45) is 7.21. The molecular weight excluding hydrogens is 452 g/mol. The van der Waals surface area contributed by atoms with Gasteiger partial charge in [-0.3, -0.25) is 4.79 Å². The molecule has 9 heteroatoms. The van der Waals surface area contributed by atoms with Crippen molar-refractivity contribution in [3.05, 3.63) is 46.8 Å². The average Bonchev–Trinajstić information content (AvgIpc) is 3.48. The Balaban J connectivity index is 1.43. The van der Waals surface area contributed by atoms with E-state index in [2.05, 4.69) is 15.4 Å². The van der Waals surface area contributed by atoms with E-state index < -0.39 is 10.0 Å². The number of aromatic nitrogens is 1. The Kier molecular flexibility index (Phi) is 7.85. The van der Waals surface area contributed by atoms with E-state index in [-0.39, 0.29) is 29.0 Å². The number of aryl methyl sites for hydroxylation is 2. The summed E-state index contributed by atoms with van der Waals surface area (Å²) in [5.74, 6) is -0.218. The zero-order valence-corrected chi connectivity index (χ0v) is 20.8. The van der Waals surface area contributed by atoms with Gasteiger partial charge < -0.3 is 14.7 Å². The second-order valence-electron chi connectivity index (χ2n) is 9.25. The highest BCUT2D eigenvalue weighted by atomic mass is 32.2. The van der Waals surface area contributed by atoms with Gasteiger partial charge in [0, 0.05) is 26.2 Å². The summed E-state index contributed by atoms with van der Waals surface area (Å²) < 4.78 is 33.9. The van der Waals surface area contributed by atoms with Crippen LogP contribution in [0.25, 0.3) is 12.2 Å². The maximum atomic E-state index is 13.6. The highest BCUT2D eigenvalue weighted by molar-refractivity contribution is 7.89. The van der Waals surface area contributed by atoms with Crippen LogP contribution in [0.1, 0.15) is 48.3 Å². The van der Waals surface area contributed by atoms with Crippen molar-refractivity contribution in [3.8, 4) is 0 Å². The van der Waals surface area contributed by atoms with Gasteiger partial charge in [-0.2, -0.15) is 4.31 Å². The van der Waals surface area contributed by atoms with E-state index in [1.54, 1.807) is 13.0 Å². The number of carbonyl (C=O) groups is 1. The smallest absolute Gasteiger partial charge is 0.248 e. The van der Waals surface area contributed by atoms with Crippen molar-refractivity contribution < 1.29 is 17.7 Å². The quantitative estimate of drug-likeness (QED) is 0.616. The zero-order chi connectivity index (χ0) is 24.1. The second-order valence-corrected chi connectivity index (χ2v) is 11.1. The number of nitrogens with zero attached hydrogens (tertiary/aromatic N) is 3. The summed E-state index contributed by atoms with van der Waals surface area (Å²) in [5.41, 5.74) is 2.41. The molecule has 34 heavy (non-hydrogen) atoms. The number of hydrogen-bond donors (Lipinski definition) is 1. The number of amides is 1. The molecule has 3 heterocycles. The van der Waals surface area contributed by atoms with Crippen LogP contribution in [-0.2, 0) is 14.8 Å². The van der Waals surface area contributed by atoms with E-state index in [0.717, 1.165) is 30.8 Å². The number of rotatable bonds is 8. The number of sulfonamides is 1. The minimum absolute atomic E-state index is 0.0689. The van der Waals surface area contributed by atoms with Gasteiger partial charge in [-0.1, -0.05) is 41.1 Å². The fourth-order valence-corrected chi connectivity index (χ4v) is 6.41. The van der Waals surface area contributed by atoms with E-state index in [4.69, 9.17) is 4.52 Å². The molecule has 2 aromatic rings. The first-order valence-electron chi connectivity index (χ1n) is 12.1. The van der Waals surface area contributed by atoms with Crippen molar-refractivity contribution in [3.63, 3.8) is 0 Å². The third-order valence-electron chi connectivity index (χ3n) is 6.62. The highest BCUT2D eigenvalue weighted by Gasteiger charge is 2.36. The molecule has 0 aliphatic carbocycles. The predicted octanol–water partition coefficient (Wildman–Crippen LogP) is 3.07. The zero-order valence-electron chi connectivity index (χ0n) is 20.0. The summed E-state index contributed by atoms with van der Waals surface area (Å²) in [7, 11) is -3.85. The van der Waals surface area contributed by atoms with Crippen molar-refractivity contribution in [2.45, 2.75) is 44.4 Å². The summed E-state index contributed by atoms with van der Waals surface area (Å²) in [6, 6.07) is 7.90. The number of hydrogen-bond acceptors (Lipinski definition) is 6. The minimum atomic E-state index is -3.85. The SMILES string of the molecule is Cc1ccc(C=Cc2onc(C)c2S(=O)(=O)N2CCCC(C(=O)NCCN3CCCC3)C2)cc1. The van der Waals surface area contributed by atoms with Gasteiger partial charge in [0.1, 0.15) is 5.69 Å². The Labute approximate surface area is 202 Å². The van der Waals surface area contributed by atoms with E-state index >= 15 is 0 Å². The molecule has 2 aliphatic rings. The lowest BCUT2D eigenvalue weighted by atomic mass is 9.99. The molecule has 1 N–H and O–H groups in total. The molecule has 0 spiro atoms. The van der Waals surface area contributed by atoms with Crippen molar-refractivity contribution in [2.24, 2.45) is 5.92 Å². The fourth-order valence-electron chi connectivity index (χ4n) is 4.64. The van der Waals surface area contributed by atoms with Gasteiger partial charge in [-0.05, 0) is 64.3 Å². The molecule has 1 aromatic heterocycles. The lowest BCUT2D eigenvalue weighted by Crippen LogP contribution is -2.46. The van der Waals surface area contributed by atoms with E-state index in [1.165, 1.54) is 17.1 Å². The van der Waals surface area contributed by atoms with Gasteiger partial charge in [-0.25, -0.2) is 8.42 Å². The van der Waals surface area contributed by atoms with Gasteiger partial charge in [-0.15, -0.1) is 0 Å². The predicted molar refractivity (Wildman–Crippen MR) is 132 cm³/mol. The monoisotopic (exact) mass is 486 g/mol. The Morgan fingerprint density at radius 1 is 1.12 bits per heavy atom. The highest BCUT2D eigenvalue weighted by Crippen LogP contribution is 2.29. The molecule has 0 radical (unpaired) electrons. The van der Waals surface area contributed by atoms with Gasteiger partial charge in [0.05, 0.1) is 5.92 Å². The van der Waals surface area contributed by atoms with Crippen molar-refractivity contribution >= 4 is 28.1 Å². The maximum Gasteiger partial charge on any atom is 0.248 e. The summed E-state index contributed by atoms with van der Waals surface area (Å²) in [6.45, 7) is 7.81. The number of nitrogens with one attached hydrogen (secondary N) is 1. The van der Waals surface area contributed by atoms with Crippen LogP contribution < -0.4 is 5.32 Å². The van der Waals surface area contributed by atoms with Crippen LogP contribution in [0.4, 0.5) is 0 Å². The molecule has 1 unspecified atom stereocenters. The normalized spacial score (nSPS) is 20.2. The molecule has 184 valence electrons. The lowest BCUT2D eigenvalue weighted by molar-refractivity contribution is -0.126. The molecule has 2 fully saturated rings. The van der Waals surface area contributed by atoms with Crippen LogP contribution in [0.3, 0.4) is 0 Å². The number of piperidine rings is 1. The molecule has 2 saturated heterocycles. The Bertz CT molecular complexity index is 1120. The van der Waals surface area contributed by atoms with Crippen molar-refractivity contribution in [1.82, 2.24) is 19.7 Å². The van der Waals surface area contributed by atoms with E-state index in [9.17, 15) is 13.2 Å². The second kappa shape index (κ2) is 10.8. The first-order chi connectivity index (χ1) is 16.3. The van der Waals surface area contributed by atoms with Crippen LogP contribution in [-0.4, -0.2) is 68.0 Å². The summed E-state index contributed by atoms with van der Waals surface area (Å²) >= 11 is 0. The molecule has 0 bridgehead atoms. The summed E-state index contributed by atoms with van der Waals surface area (Å²) in [4.78, 5) is 15.2. The average molecular weight is 487 g/mol. The summed E-state index contributed by atoms with van der Waals surface area (Å²) in [5, 5.41) is 6.93. The molecule has 1 aromatic carbocycles. The first-order valence-corrected chi connectivity index (χ1v) is 13.5. The lowest BCUT2D eigenvalue weighted by Gasteiger charge is -2.31. The third-order valence-corrected chi connectivity index (χ3v) is 8.64. The number of benzene rings is 1. The Morgan fingerprint density at radius 2 is 1.85 bits per heavy atom. The van der Waals surface area contributed by atoms with Crippen LogP contribution in [0.15, 0.2) is 33.7 Å². The number of carbonyl (C=O) groups excluding carboxylic acids is 1. The minimum Gasteiger partial charge on any atom is -0.355 e. The van der Waals surface area contributed by atoms with Gasteiger partial charge in [0.15, 0.2) is 10.7 Å². The first kappa shape index (κ1) is 24.6. The van der Waals surface area contributed by atoms with Gasteiger partial charge in [0.25, 0.3) is 0 Å². The van der Waals surface area contributed by atoms with Crippen molar-refractivity contribution in [1.29, 1.82) is 0 Å². The number of likely N-dealkylation sites (tertiary alicyclic amines) is 1. The standard InChI is InChI=1S/C25H34N4O4S/c1-19-7-9-21(10-8-19)11-12-23-24(20(2)27-33-23)34(31,32)29-16-5-6-22(18-29)25(30)26-13-17-28-14-3-4-15-28/h7-12,22H,3-6,13-18H2,1-2H3,(H,26,30). The van der Waals surface area contributed by atoms with Gasteiger partial charge >= 0.3 is 0 Å². The molecule has 8 nitrogen and oxygen atoms in total. The van der Waals surface area contributed by atoms with Crippen LogP contribution in [0.2, 0.25) is 0 Å². The van der Waals surface area contributed by atoms with E-state index in [1.807, 2.05) is 37.3 Å². The molecular formula is C25H34N4O4S. The largest absolute Gasteiger partial charge is 0.355 e. The van der Waals surface area contributed by atoms with Crippen LogP contribution >= 0.6 is 0 Å². The maximum absolute atomic E-state index is 13.6. The third kappa shape index (κ3) is 5.76. The molecule has 1 amide bonds. The van der Waals surface area contributed by atoms with E-state index in [0.29, 0.717) is 31.6 Å². The Morgan fingerprint density at radius 3 is 2.59 bits per heavy atom. The molecule has 4 rings (SSSR count). The molecule has 2 aliphatic heterocycles.